The number of hydrogen-bond donors (Lipinski definition) is 2. The SMILES string of the molecule is CC(=O)NCc1cncc(C2CCCN2Cc2ncc[nH]2)n1. The Morgan fingerprint density at radius 1 is 1.50 bits per heavy atom. The van der Waals surface area contributed by atoms with E-state index >= 15 is 0 Å². The van der Waals surface area contributed by atoms with Gasteiger partial charge in [-0.25, -0.2) is 4.98 Å². The lowest BCUT2D eigenvalue weighted by Crippen LogP contribution is -2.25. The predicted molar refractivity (Wildman–Crippen MR) is 80.5 cm³/mol. The van der Waals surface area contributed by atoms with E-state index in [1.54, 1.807) is 12.4 Å². The predicted octanol–water partition coefficient (Wildman–Crippen LogP) is 1.17. The van der Waals surface area contributed by atoms with Crippen molar-refractivity contribution < 1.29 is 4.79 Å². The third-order valence-electron chi connectivity index (χ3n) is 3.83. The van der Waals surface area contributed by atoms with Crippen molar-refractivity contribution in [1.29, 1.82) is 0 Å². The zero-order valence-corrected chi connectivity index (χ0v) is 12.6. The van der Waals surface area contributed by atoms with Crippen molar-refractivity contribution in [1.82, 2.24) is 30.2 Å². The van der Waals surface area contributed by atoms with Crippen LogP contribution in [0.2, 0.25) is 0 Å². The van der Waals surface area contributed by atoms with Gasteiger partial charge < -0.3 is 10.3 Å². The van der Waals surface area contributed by atoms with Gasteiger partial charge in [0.1, 0.15) is 5.82 Å². The Bertz CT molecular complexity index is 627. The Labute approximate surface area is 129 Å². The summed E-state index contributed by atoms with van der Waals surface area (Å²) in [5.41, 5.74) is 1.75. The molecule has 1 saturated heterocycles. The number of amides is 1. The zero-order valence-electron chi connectivity index (χ0n) is 12.6. The fourth-order valence-electron chi connectivity index (χ4n) is 2.81. The van der Waals surface area contributed by atoms with Crippen molar-refractivity contribution in [3.05, 3.63) is 42.0 Å². The summed E-state index contributed by atoms with van der Waals surface area (Å²) in [6.07, 6.45) is 9.35. The lowest BCUT2D eigenvalue weighted by atomic mass is 10.1. The molecule has 0 bridgehead atoms. The molecule has 1 unspecified atom stereocenters. The molecule has 22 heavy (non-hydrogen) atoms. The van der Waals surface area contributed by atoms with Crippen molar-refractivity contribution in [2.45, 2.75) is 38.9 Å². The summed E-state index contributed by atoms with van der Waals surface area (Å²) in [6, 6.07) is 0.259. The van der Waals surface area contributed by atoms with Gasteiger partial charge in [-0.15, -0.1) is 0 Å². The van der Waals surface area contributed by atoms with Gasteiger partial charge in [0.2, 0.25) is 5.91 Å². The molecule has 1 fully saturated rings. The van der Waals surface area contributed by atoms with Crippen molar-refractivity contribution in [2.24, 2.45) is 0 Å². The Kier molecular flexibility index (Phi) is 4.43. The van der Waals surface area contributed by atoms with Gasteiger partial charge in [0.15, 0.2) is 0 Å². The van der Waals surface area contributed by atoms with E-state index in [0.717, 1.165) is 43.1 Å². The first-order valence-corrected chi connectivity index (χ1v) is 7.50. The van der Waals surface area contributed by atoms with Crippen LogP contribution in [0.4, 0.5) is 0 Å². The molecule has 116 valence electrons. The Morgan fingerprint density at radius 2 is 2.41 bits per heavy atom. The lowest BCUT2D eigenvalue weighted by molar-refractivity contribution is -0.119. The third-order valence-corrected chi connectivity index (χ3v) is 3.83. The summed E-state index contributed by atoms with van der Waals surface area (Å²) in [5.74, 6) is 0.904. The second-order valence-corrected chi connectivity index (χ2v) is 5.51. The van der Waals surface area contributed by atoms with Gasteiger partial charge in [0, 0.05) is 19.3 Å². The molecule has 1 amide bonds. The Balaban J connectivity index is 1.71. The molecule has 2 aromatic rings. The van der Waals surface area contributed by atoms with E-state index in [-0.39, 0.29) is 11.9 Å². The molecule has 1 aliphatic heterocycles. The molecule has 0 radical (unpaired) electrons. The van der Waals surface area contributed by atoms with Crippen LogP contribution in [-0.2, 0) is 17.9 Å². The minimum absolute atomic E-state index is 0.0625. The molecule has 0 aromatic carbocycles. The Morgan fingerprint density at radius 3 is 3.18 bits per heavy atom. The van der Waals surface area contributed by atoms with Crippen molar-refractivity contribution in [2.75, 3.05) is 6.54 Å². The maximum atomic E-state index is 11.0. The van der Waals surface area contributed by atoms with Gasteiger partial charge >= 0.3 is 0 Å². The van der Waals surface area contributed by atoms with Crippen molar-refractivity contribution in [3.8, 4) is 0 Å². The number of carbonyl (C=O) groups is 1. The van der Waals surface area contributed by atoms with Crippen LogP contribution in [0.25, 0.3) is 0 Å². The summed E-state index contributed by atoms with van der Waals surface area (Å²) >= 11 is 0. The van der Waals surface area contributed by atoms with E-state index in [4.69, 9.17) is 0 Å². The summed E-state index contributed by atoms with van der Waals surface area (Å²) in [6.45, 7) is 3.73. The quantitative estimate of drug-likeness (QED) is 0.865. The standard InChI is InChI=1S/C15H20N6O/c1-11(22)19-8-12-7-16-9-13(20-12)14-3-2-6-21(14)10-15-17-4-5-18-15/h4-5,7,9,14H,2-3,6,8,10H2,1H3,(H,17,18)(H,19,22). The molecule has 3 heterocycles. The monoisotopic (exact) mass is 300 g/mol. The smallest absolute Gasteiger partial charge is 0.217 e. The minimum Gasteiger partial charge on any atom is -0.351 e. The van der Waals surface area contributed by atoms with E-state index < -0.39 is 0 Å². The highest BCUT2D eigenvalue weighted by Gasteiger charge is 2.28. The molecule has 3 rings (SSSR count). The van der Waals surface area contributed by atoms with Crippen LogP contribution in [-0.4, -0.2) is 37.3 Å². The fourth-order valence-corrected chi connectivity index (χ4v) is 2.81. The van der Waals surface area contributed by atoms with Crippen LogP contribution >= 0.6 is 0 Å². The first kappa shape index (κ1) is 14.6. The number of aromatic amines is 1. The van der Waals surface area contributed by atoms with E-state index in [1.165, 1.54) is 6.92 Å². The van der Waals surface area contributed by atoms with Gasteiger partial charge in [0.25, 0.3) is 0 Å². The molecule has 0 spiro atoms. The van der Waals surface area contributed by atoms with Crippen LogP contribution in [0.3, 0.4) is 0 Å². The number of likely N-dealkylation sites (tertiary alicyclic amines) is 1. The number of nitrogens with zero attached hydrogens (tertiary/aromatic N) is 4. The average molecular weight is 300 g/mol. The highest BCUT2D eigenvalue weighted by molar-refractivity contribution is 5.72. The van der Waals surface area contributed by atoms with E-state index in [2.05, 4.69) is 30.2 Å². The van der Waals surface area contributed by atoms with Crippen LogP contribution < -0.4 is 5.32 Å². The molecule has 7 heteroatoms. The molecule has 2 aromatic heterocycles. The number of carbonyl (C=O) groups excluding carboxylic acids is 1. The summed E-state index contributed by atoms with van der Waals surface area (Å²) < 4.78 is 0. The number of hydrogen-bond acceptors (Lipinski definition) is 5. The number of nitrogens with one attached hydrogen (secondary N) is 2. The van der Waals surface area contributed by atoms with Gasteiger partial charge in [-0.05, 0) is 19.4 Å². The molecule has 1 aliphatic rings. The highest BCUT2D eigenvalue weighted by atomic mass is 16.1. The summed E-state index contributed by atoms with van der Waals surface area (Å²) in [4.78, 5) is 29.7. The second-order valence-electron chi connectivity index (χ2n) is 5.51. The van der Waals surface area contributed by atoms with E-state index in [1.807, 2.05) is 12.4 Å². The van der Waals surface area contributed by atoms with Gasteiger partial charge in [-0.2, -0.15) is 0 Å². The molecular weight excluding hydrogens is 280 g/mol. The van der Waals surface area contributed by atoms with Crippen LogP contribution in [0.5, 0.6) is 0 Å². The van der Waals surface area contributed by atoms with Gasteiger partial charge in [-0.3, -0.25) is 19.7 Å². The van der Waals surface area contributed by atoms with Crippen LogP contribution in [0, 0.1) is 0 Å². The van der Waals surface area contributed by atoms with Gasteiger partial charge in [0.05, 0.1) is 42.9 Å². The number of H-pyrrole nitrogens is 1. The topological polar surface area (TPSA) is 86.8 Å². The van der Waals surface area contributed by atoms with E-state index in [9.17, 15) is 4.79 Å². The highest BCUT2D eigenvalue weighted by Crippen LogP contribution is 2.31. The lowest BCUT2D eigenvalue weighted by Gasteiger charge is -2.23. The van der Waals surface area contributed by atoms with Crippen molar-refractivity contribution >= 4 is 5.91 Å². The largest absolute Gasteiger partial charge is 0.351 e. The fraction of sp³-hybridized carbons (Fsp3) is 0.467. The Hall–Kier alpha value is -2.28. The number of rotatable bonds is 5. The molecule has 0 saturated carbocycles. The molecule has 2 N–H and O–H groups in total. The average Bonchev–Trinajstić information content (AvgIpc) is 3.18. The zero-order chi connectivity index (χ0) is 15.4. The summed E-state index contributed by atoms with van der Waals surface area (Å²) in [5, 5.41) is 2.76. The van der Waals surface area contributed by atoms with Crippen molar-refractivity contribution in [3.63, 3.8) is 0 Å². The number of aromatic nitrogens is 4. The first-order valence-electron chi connectivity index (χ1n) is 7.50. The maximum Gasteiger partial charge on any atom is 0.217 e. The first-order chi connectivity index (χ1) is 10.7. The summed E-state index contributed by atoms with van der Waals surface area (Å²) in [7, 11) is 0. The molecule has 0 aliphatic carbocycles. The normalized spacial score (nSPS) is 18.5. The maximum absolute atomic E-state index is 11.0. The van der Waals surface area contributed by atoms with E-state index in [0.29, 0.717) is 6.54 Å². The molecule has 7 nitrogen and oxygen atoms in total. The van der Waals surface area contributed by atoms with Crippen LogP contribution in [0.1, 0.15) is 43.0 Å². The number of imidazole rings is 1. The molecular formula is C15H20N6O. The second kappa shape index (κ2) is 6.65. The minimum atomic E-state index is -0.0625. The van der Waals surface area contributed by atoms with Gasteiger partial charge in [-0.1, -0.05) is 0 Å². The molecule has 1 atom stereocenters. The third kappa shape index (κ3) is 3.48. The van der Waals surface area contributed by atoms with Crippen LogP contribution in [0.15, 0.2) is 24.8 Å².